The molecular weight excluding hydrogens is 513 g/mol. The number of hydrogen-bond donors (Lipinski definition) is 1. The zero-order valence-electron chi connectivity index (χ0n) is 21.6. The number of ether oxygens (including phenoxy) is 1. The van der Waals surface area contributed by atoms with Crippen molar-refractivity contribution in [2.24, 2.45) is 0 Å². The number of anilines is 1. The van der Waals surface area contributed by atoms with Gasteiger partial charge in [0.05, 0.1) is 12.7 Å². The van der Waals surface area contributed by atoms with Gasteiger partial charge in [-0.3, -0.25) is 4.90 Å². The van der Waals surface area contributed by atoms with Gasteiger partial charge in [0.2, 0.25) is 0 Å². The smallest absolute Gasteiger partial charge is 0.131 e. The Balaban J connectivity index is 0.00000190. The summed E-state index contributed by atoms with van der Waals surface area (Å²) >= 11 is 0. The van der Waals surface area contributed by atoms with Gasteiger partial charge in [0.1, 0.15) is 11.6 Å². The fourth-order valence-corrected chi connectivity index (χ4v) is 6.05. The van der Waals surface area contributed by atoms with Gasteiger partial charge in [0.25, 0.3) is 0 Å². The Bertz CT molecular complexity index is 1220. The third-order valence-electron chi connectivity index (χ3n) is 7.97. The van der Waals surface area contributed by atoms with Crippen molar-refractivity contribution in [3.05, 3.63) is 88.5 Å². The Labute approximate surface area is 231 Å². The number of hydrogen-bond acceptors (Lipinski definition) is 3. The van der Waals surface area contributed by atoms with Gasteiger partial charge in [-0.2, -0.15) is 0 Å². The second-order valence-electron chi connectivity index (χ2n) is 10.6. The molecule has 1 fully saturated rings. The summed E-state index contributed by atoms with van der Waals surface area (Å²) < 4.78 is 33.8. The highest BCUT2D eigenvalue weighted by Crippen LogP contribution is 2.50. The Hall–Kier alpha value is -2.18. The maximum absolute atomic E-state index is 14.0. The van der Waals surface area contributed by atoms with Gasteiger partial charge in [-0.15, -0.1) is 24.8 Å². The van der Waals surface area contributed by atoms with Gasteiger partial charge < -0.3 is 10.5 Å². The Morgan fingerprint density at radius 3 is 2.41 bits per heavy atom. The van der Waals surface area contributed by atoms with E-state index in [1.165, 1.54) is 46.0 Å². The van der Waals surface area contributed by atoms with Crippen LogP contribution >= 0.6 is 24.8 Å². The van der Waals surface area contributed by atoms with Crippen LogP contribution in [0.2, 0.25) is 0 Å². The second-order valence-corrected chi connectivity index (χ2v) is 10.6. The minimum Gasteiger partial charge on any atom is -0.398 e. The molecule has 0 radical (unpaired) electrons. The lowest BCUT2D eigenvalue weighted by Gasteiger charge is -2.51. The highest BCUT2D eigenvalue weighted by atomic mass is 35.5. The van der Waals surface area contributed by atoms with Crippen molar-refractivity contribution in [1.29, 1.82) is 0 Å². The number of fused-ring (bicyclic) bond motifs is 4. The monoisotopic (exact) mass is 548 g/mol. The lowest BCUT2D eigenvalue weighted by atomic mass is 9.63. The minimum atomic E-state index is -0.560. The first kappa shape index (κ1) is 29.4. The first-order chi connectivity index (χ1) is 16.7. The molecule has 3 unspecified atom stereocenters. The SMILES string of the molecule is Cc1ccc(-c2ccc(N)c3c2C2(C)CCN(CC(C)OCc4c(F)cccc4F)C(C3)C2)cc1.Cl.Cl. The van der Waals surface area contributed by atoms with E-state index < -0.39 is 11.6 Å². The zero-order valence-corrected chi connectivity index (χ0v) is 23.2. The van der Waals surface area contributed by atoms with Gasteiger partial charge >= 0.3 is 0 Å². The molecule has 1 heterocycles. The molecule has 5 rings (SSSR count). The number of halogens is 4. The number of nitrogens with two attached hydrogens (primary N) is 1. The van der Waals surface area contributed by atoms with E-state index in [0.717, 1.165) is 38.0 Å². The lowest BCUT2D eigenvalue weighted by molar-refractivity contribution is -0.00507. The quantitative estimate of drug-likeness (QED) is 0.329. The molecule has 0 spiro atoms. The standard InChI is InChI=1S/C30H34F2N2O.2ClH/c1-19-7-9-21(10-8-19)23-11-12-28(33)24-15-22-16-30(3,29(23)24)13-14-34(22)17-20(2)35-18-25-26(31)5-4-6-27(25)32;;/h4-12,20,22H,13-18,33H2,1-3H3;2*1H. The summed E-state index contributed by atoms with van der Waals surface area (Å²) in [5, 5.41) is 0. The Kier molecular flexibility index (Phi) is 9.28. The molecule has 2 bridgehead atoms. The molecule has 7 heteroatoms. The summed E-state index contributed by atoms with van der Waals surface area (Å²) in [6.07, 6.45) is 2.87. The van der Waals surface area contributed by atoms with Gasteiger partial charge in [0.15, 0.2) is 0 Å². The molecule has 0 amide bonds. The molecular formula is C30H36Cl2F2N2O. The molecule has 200 valence electrons. The van der Waals surface area contributed by atoms with Crippen LogP contribution in [0.5, 0.6) is 0 Å². The number of nitrogen functional groups attached to an aromatic ring is 1. The average Bonchev–Trinajstić information content (AvgIpc) is 2.82. The van der Waals surface area contributed by atoms with E-state index >= 15 is 0 Å². The van der Waals surface area contributed by atoms with Gasteiger partial charge in [-0.25, -0.2) is 8.78 Å². The van der Waals surface area contributed by atoms with Crippen molar-refractivity contribution in [3.63, 3.8) is 0 Å². The third kappa shape index (κ3) is 5.80. The van der Waals surface area contributed by atoms with Crippen LogP contribution < -0.4 is 5.73 Å². The number of aryl methyl sites for hydroxylation is 1. The summed E-state index contributed by atoms with van der Waals surface area (Å²) in [5.74, 6) is -1.12. The molecule has 0 aromatic heterocycles. The van der Waals surface area contributed by atoms with E-state index in [-0.39, 0.29) is 48.5 Å². The highest BCUT2D eigenvalue weighted by molar-refractivity contribution is 5.85. The molecule has 3 aromatic carbocycles. The van der Waals surface area contributed by atoms with Crippen LogP contribution in [0, 0.1) is 18.6 Å². The number of nitrogens with zero attached hydrogens (tertiary/aromatic N) is 1. The number of benzene rings is 3. The topological polar surface area (TPSA) is 38.5 Å². The van der Waals surface area contributed by atoms with Crippen LogP contribution in [0.15, 0.2) is 54.6 Å². The molecule has 3 aromatic rings. The lowest BCUT2D eigenvalue weighted by Crippen LogP contribution is -2.54. The minimum absolute atomic E-state index is 0. The van der Waals surface area contributed by atoms with E-state index in [0.29, 0.717) is 6.04 Å². The van der Waals surface area contributed by atoms with Gasteiger partial charge in [-0.1, -0.05) is 48.9 Å². The predicted octanol–water partition coefficient (Wildman–Crippen LogP) is 7.25. The Morgan fingerprint density at radius 1 is 1.05 bits per heavy atom. The number of likely N-dealkylation sites (tertiary alicyclic amines) is 1. The van der Waals surface area contributed by atoms with E-state index in [1.807, 2.05) is 6.92 Å². The third-order valence-corrected chi connectivity index (χ3v) is 7.97. The van der Waals surface area contributed by atoms with Crippen LogP contribution in [-0.4, -0.2) is 30.1 Å². The van der Waals surface area contributed by atoms with Crippen molar-refractivity contribution in [2.75, 3.05) is 18.8 Å². The van der Waals surface area contributed by atoms with Crippen LogP contribution in [0.4, 0.5) is 14.5 Å². The van der Waals surface area contributed by atoms with Crippen molar-refractivity contribution in [1.82, 2.24) is 4.90 Å². The molecule has 0 saturated carbocycles. The van der Waals surface area contributed by atoms with Crippen molar-refractivity contribution in [2.45, 2.75) is 64.2 Å². The molecule has 1 aliphatic carbocycles. The van der Waals surface area contributed by atoms with Crippen LogP contribution in [-0.2, 0) is 23.2 Å². The summed E-state index contributed by atoms with van der Waals surface area (Å²) in [7, 11) is 0. The van der Waals surface area contributed by atoms with E-state index in [9.17, 15) is 8.78 Å². The second kappa shape index (κ2) is 11.7. The van der Waals surface area contributed by atoms with Crippen molar-refractivity contribution < 1.29 is 13.5 Å². The first-order valence-corrected chi connectivity index (χ1v) is 12.5. The normalized spacial score (nSPS) is 21.4. The van der Waals surface area contributed by atoms with Crippen molar-refractivity contribution >= 4 is 30.5 Å². The largest absolute Gasteiger partial charge is 0.398 e. The van der Waals surface area contributed by atoms with Gasteiger partial charge in [-0.05, 0) is 85.5 Å². The first-order valence-electron chi connectivity index (χ1n) is 12.5. The Morgan fingerprint density at radius 2 is 1.73 bits per heavy atom. The van der Waals surface area contributed by atoms with Crippen LogP contribution in [0.1, 0.15) is 48.9 Å². The van der Waals surface area contributed by atoms with Crippen molar-refractivity contribution in [3.8, 4) is 11.1 Å². The summed E-state index contributed by atoms with van der Waals surface area (Å²) in [4.78, 5) is 2.48. The summed E-state index contributed by atoms with van der Waals surface area (Å²) in [5.41, 5.74) is 14.0. The number of piperidine rings is 1. The summed E-state index contributed by atoms with van der Waals surface area (Å²) in [6.45, 7) is 8.10. The fourth-order valence-electron chi connectivity index (χ4n) is 6.05. The zero-order chi connectivity index (χ0) is 24.7. The fraction of sp³-hybridized carbons (Fsp3) is 0.400. The predicted molar refractivity (Wildman–Crippen MR) is 152 cm³/mol. The maximum atomic E-state index is 14.0. The van der Waals surface area contributed by atoms with E-state index in [4.69, 9.17) is 10.5 Å². The van der Waals surface area contributed by atoms with Gasteiger partial charge in [0, 0.05) is 23.8 Å². The van der Waals surface area contributed by atoms with Crippen LogP contribution in [0.3, 0.4) is 0 Å². The van der Waals surface area contributed by atoms with E-state index in [1.54, 1.807) is 0 Å². The molecule has 2 N–H and O–H groups in total. The molecule has 1 saturated heterocycles. The van der Waals surface area contributed by atoms with E-state index in [2.05, 4.69) is 55.1 Å². The summed E-state index contributed by atoms with van der Waals surface area (Å²) in [6, 6.07) is 17.3. The maximum Gasteiger partial charge on any atom is 0.131 e. The molecule has 37 heavy (non-hydrogen) atoms. The molecule has 3 nitrogen and oxygen atoms in total. The molecule has 2 aliphatic rings. The number of rotatable bonds is 6. The molecule has 1 aliphatic heterocycles. The molecule has 3 atom stereocenters. The highest BCUT2D eigenvalue weighted by Gasteiger charge is 2.44. The average molecular weight is 550 g/mol. The van der Waals surface area contributed by atoms with Crippen LogP contribution in [0.25, 0.3) is 11.1 Å².